The molecule has 2 aromatic rings. The van der Waals surface area contributed by atoms with Crippen LogP contribution in [0.4, 0.5) is 0 Å². The molecular formula is C34H52N3O10P. The number of carbonyl (C=O) groups excluding carboxylic acids is 4. The summed E-state index contributed by atoms with van der Waals surface area (Å²) in [6, 6.07) is 6.25. The van der Waals surface area contributed by atoms with Crippen molar-refractivity contribution in [3.8, 4) is 17.1 Å². The molecule has 0 aliphatic rings. The summed E-state index contributed by atoms with van der Waals surface area (Å²) in [6.07, 6.45) is 9.97. The normalized spacial score (nSPS) is 12.5. The van der Waals surface area contributed by atoms with Gasteiger partial charge >= 0.3 is 13.6 Å². The second kappa shape index (κ2) is 21.3. The Hall–Kier alpha value is -3.67. The molecule has 1 unspecified atom stereocenters. The fourth-order valence-electron chi connectivity index (χ4n) is 5.32. The fraction of sp³-hybridized carbons (Fsp3) is 0.588. The molecule has 1 aromatic heterocycles. The molecule has 2 atom stereocenters. The van der Waals surface area contributed by atoms with E-state index < -0.39 is 37.3 Å². The summed E-state index contributed by atoms with van der Waals surface area (Å²) in [5, 5.41) is 5.98. The molecular weight excluding hydrogens is 641 g/mol. The molecule has 0 saturated carbocycles. The van der Waals surface area contributed by atoms with Crippen molar-refractivity contribution in [1.82, 2.24) is 15.7 Å². The Bertz CT molecular complexity index is 1360. The lowest BCUT2D eigenvalue weighted by molar-refractivity contribution is -0.204. The van der Waals surface area contributed by atoms with Crippen molar-refractivity contribution < 1.29 is 47.5 Å². The Kier molecular flexibility index (Phi) is 18.0. The van der Waals surface area contributed by atoms with Gasteiger partial charge in [-0.2, -0.15) is 5.06 Å². The van der Waals surface area contributed by atoms with Crippen molar-refractivity contribution in [3.63, 3.8) is 0 Å². The SMILES string of the molecule is CCCCCCCCC(=O)ON(C=O)[C@H](CC)C(CCCCC)C(=O)NCNC(=O)c1ccc(-c2cc(OCC)cc(P(=O)(O)O)c2)o1. The zero-order valence-electron chi connectivity index (χ0n) is 28.6. The molecule has 0 saturated heterocycles. The van der Waals surface area contributed by atoms with E-state index in [4.69, 9.17) is 14.0 Å². The van der Waals surface area contributed by atoms with Crippen LogP contribution in [0.5, 0.6) is 5.75 Å². The number of carbonyl (C=O) groups is 4. The highest BCUT2D eigenvalue weighted by Crippen LogP contribution is 2.37. The first-order valence-corrected chi connectivity index (χ1v) is 18.5. The zero-order valence-corrected chi connectivity index (χ0v) is 29.5. The summed E-state index contributed by atoms with van der Waals surface area (Å²) < 4.78 is 23.0. The van der Waals surface area contributed by atoms with E-state index in [2.05, 4.69) is 17.6 Å². The number of furan rings is 1. The topological polar surface area (TPSA) is 185 Å². The van der Waals surface area contributed by atoms with Gasteiger partial charge < -0.3 is 34.4 Å². The highest BCUT2D eigenvalue weighted by molar-refractivity contribution is 7.60. The first-order chi connectivity index (χ1) is 23.0. The predicted molar refractivity (Wildman–Crippen MR) is 181 cm³/mol. The molecule has 1 aromatic carbocycles. The Morgan fingerprint density at radius 1 is 0.938 bits per heavy atom. The average molecular weight is 694 g/mol. The summed E-state index contributed by atoms with van der Waals surface area (Å²) in [5.74, 6) is -1.92. The van der Waals surface area contributed by atoms with Crippen LogP contribution in [0.15, 0.2) is 34.7 Å². The van der Waals surface area contributed by atoms with Crippen molar-refractivity contribution in [2.45, 2.75) is 111 Å². The molecule has 4 N–H and O–H groups in total. The number of amides is 3. The quantitative estimate of drug-likeness (QED) is 0.0355. The first kappa shape index (κ1) is 40.5. The average Bonchev–Trinajstić information content (AvgIpc) is 3.56. The van der Waals surface area contributed by atoms with Crippen molar-refractivity contribution in [2.24, 2.45) is 5.92 Å². The number of nitrogens with one attached hydrogen (secondary N) is 2. The molecule has 0 bridgehead atoms. The number of hydrogen-bond donors (Lipinski definition) is 4. The second-order valence-corrected chi connectivity index (χ2v) is 13.2. The Morgan fingerprint density at radius 2 is 1.62 bits per heavy atom. The van der Waals surface area contributed by atoms with Gasteiger partial charge in [0.25, 0.3) is 5.91 Å². The molecule has 268 valence electrons. The molecule has 3 amide bonds. The van der Waals surface area contributed by atoms with E-state index >= 15 is 0 Å². The minimum atomic E-state index is -4.59. The molecule has 0 aliphatic carbocycles. The summed E-state index contributed by atoms with van der Waals surface area (Å²) >= 11 is 0. The summed E-state index contributed by atoms with van der Waals surface area (Å²) in [7, 11) is -4.59. The number of unbranched alkanes of at least 4 members (excludes halogenated alkanes) is 7. The molecule has 2 rings (SSSR count). The summed E-state index contributed by atoms with van der Waals surface area (Å²) in [6.45, 7) is 7.76. The summed E-state index contributed by atoms with van der Waals surface area (Å²) in [5.41, 5.74) is 0.305. The Balaban J connectivity index is 2.06. The van der Waals surface area contributed by atoms with E-state index in [1.54, 1.807) is 13.0 Å². The highest BCUT2D eigenvalue weighted by atomic mass is 31.2. The monoisotopic (exact) mass is 693 g/mol. The van der Waals surface area contributed by atoms with Gasteiger partial charge in [-0.1, -0.05) is 72.1 Å². The second-order valence-electron chi connectivity index (χ2n) is 11.6. The number of hydrogen-bond acceptors (Lipinski definition) is 8. The third kappa shape index (κ3) is 13.4. The van der Waals surface area contributed by atoms with E-state index in [9.17, 15) is 33.5 Å². The number of rotatable bonds is 24. The van der Waals surface area contributed by atoms with Gasteiger partial charge in [-0.25, -0.2) is 4.79 Å². The van der Waals surface area contributed by atoms with Crippen LogP contribution >= 0.6 is 7.60 Å². The lowest BCUT2D eigenvalue weighted by atomic mass is 9.90. The van der Waals surface area contributed by atoms with E-state index in [-0.39, 0.29) is 42.3 Å². The van der Waals surface area contributed by atoms with Gasteiger partial charge in [0.1, 0.15) is 11.5 Å². The van der Waals surface area contributed by atoms with E-state index in [0.29, 0.717) is 31.2 Å². The van der Waals surface area contributed by atoms with E-state index in [1.165, 1.54) is 24.3 Å². The molecule has 48 heavy (non-hydrogen) atoms. The van der Waals surface area contributed by atoms with Crippen LogP contribution in [0.1, 0.15) is 115 Å². The van der Waals surface area contributed by atoms with Gasteiger partial charge in [0.15, 0.2) is 5.76 Å². The van der Waals surface area contributed by atoms with Crippen LogP contribution in [0.2, 0.25) is 0 Å². The van der Waals surface area contributed by atoms with E-state index in [0.717, 1.165) is 56.4 Å². The minimum Gasteiger partial charge on any atom is -0.494 e. The molecule has 0 aliphatic heterocycles. The number of ether oxygens (including phenoxy) is 1. The molecule has 0 radical (unpaired) electrons. The predicted octanol–water partition coefficient (Wildman–Crippen LogP) is 5.59. The maximum atomic E-state index is 13.4. The van der Waals surface area contributed by atoms with Crippen LogP contribution in [0.25, 0.3) is 11.3 Å². The Morgan fingerprint density at radius 3 is 2.27 bits per heavy atom. The van der Waals surface area contributed by atoms with Crippen molar-refractivity contribution in [1.29, 1.82) is 0 Å². The molecule has 0 spiro atoms. The van der Waals surface area contributed by atoms with E-state index in [1.807, 2.05) is 13.8 Å². The van der Waals surface area contributed by atoms with Crippen LogP contribution in [0, 0.1) is 5.92 Å². The van der Waals surface area contributed by atoms with Crippen molar-refractivity contribution in [3.05, 3.63) is 36.1 Å². The molecule has 0 fully saturated rings. The standard InChI is InChI=1S/C34H52N3O10P/c1-5-9-11-12-13-15-17-32(39)47-37(24-38)29(7-3)28(16-14-10-6-2)33(40)35-23-36-34(41)31-19-18-30(46-31)25-20-26(45-8-4)22-27(21-25)48(42,43)44/h18-22,24,28-29H,5-17,23H2,1-4H3,(H,35,40)(H,36,41)(H2,42,43,44)/t28?,29-/m1/s1. The van der Waals surface area contributed by atoms with Gasteiger partial charge in [-0.05, 0) is 56.5 Å². The third-order valence-corrected chi connectivity index (χ3v) is 8.81. The van der Waals surface area contributed by atoms with Crippen LogP contribution in [-0.4, -0.2) is 58.4 Å². The van der Waals surface area contributed by atoms with Gasteiger partial charge in [0.2, 0.25) is 12.3 Å². The van der Waals surface area contributed by atoms with Crippen molar-refractivity contribution in [2.75, 3.05) is 13.3 Å². The van der Waals surface area contributed by atoms with Crippen LogP contribution < -0.4 is 20.7 Å². The Labute approximate surface area is 283 Å². The maximum absolute atomic E-state index is 13.4. The highest BCUT2D eigenvalue weighted by Gasteiger charge is 2.33. The van der Waals surface area contributed by atoms with Crippen LogP contribution in [0.3, 0.4) is 0 Å². The zero-order chi connectivity index (χ0) is 35.5. The lowest BCUT2D eigenvalue weighted by Crippen LogP contribution is -2.49. The number of hydroxylamine groups is 2. The molecule has 1 heterocycles. The molecule has 13 nitrogen and oxygen atoms in total. The lowest BCUT2D eigenvalue weighted by Gasteiger charge is -2.31. The smallest absolute Gasteiger partial charge is 0.356 e. The number of nitrogens with zero attached hydrogens (tertiary/aromatic N) is 1. The van der Waals surface area contributed by atoms with Gasteiger partial charge in [-0.15, -0.1) is 0 Å². The fourth-order valence-corrected chi connectivity index (χ4v) is 5.93. The van der Waals surface area contributed by atoms with Crippen LogP contribution in [-0.2, 0) is 23.8 Å². The molecule has 14 heteroatoms. The largest absolute Gasteiger partial charge is 0.494 e. The maximum Gasteiger partial charge on any atom is 0.356 e. The summed E-state index contributed by atoms with van der Waals surface area (Å²) in [4.78, 5) is 75.6. The third-order valence-electron chi connectivity index (χ3n) is 7.88. The first-order valence-electron chi connectivity index (χ1n) is 16.9. The van der Waals surface area contributed by atoms with Gasteiger partial charge in [0.05, 0.1) is 30.5 Å². The van der Waals surface area contributed by atoms with Gasteiger partial charge in [0, 0.05) is 12.0 Å². The number of benzene rings is 1. The van der Waals surface area contributed by atoms with Crippen molar-refractivity contribution >= 4 is 37.1 Å². The van der Waals surface area contributed by atoms with Gasteiger partial charge in [-0.3, -0.25) is 18.9 Å². The minimum absolute atomic E-state index is 0.0888.